The number of hydrogen-bond acceptors (Lipinski definition) is 5. The summed E-state index contributed by atoms with van der Waals surface area (Å²) in [4.78, 5) is 19.6. The molecule has 3 N–H and O–H groups in total. The fraction of sp³-hybridized carbons (Fsp3) is 0.467. The lowest BCUT2D eigenvalue weighted by Crippen LogP contribution is -2.50. The van der Waals surface area contributed by atoms with Crippen molar-refractivity contribution >= 4 is 27.8 Å². The molecule has 1 unspecified atom stereocenters. The molecule has 2 aromatic heterocycles. The van der Waals surface area contributed by atoms with Crippen molar-refractivity contribution in [2.45, 2.75) is 56.7 Å². The van der Waals surface area contributed by atoms with Gasteiger partial charge in [0.15, 0.2) is 11.4 Å². The summed E-state index contributed by atoms with van der Waals surface area (Å²) in [5.41, 5.74) is 5.37. The standard InChI is InChI=1S/C30H33F4N5O3/c1-29(41,30(32,33)34)19-7-6-17-9-24(39(23(17)11-19)13-16-4-5-16)27-36-22-8-18(10-25(42-3)26(22)37(27)2)28(40)38-14-20(31)12-21(35)15-38/h6-11,16,20-21,41H,4-5,12-15,35H2,1-3H3/t20-,21-,29?/m1/s1. The molecule has 1 amide bonds. The van der Waals surface area contributed by atoms with E-state index in [9.17, 15) is 27.5 Å². The molecule has 0 spiro atoms. The molecule has 1 saturated heterocycles. The first-order valence-corrected chi connectivity index (χ1v) is 13.9. The number of amides is 1. The van der Waals surface area contributed by atoms with Gasteiger partial charge in [0, 0.05) is 42.6 Å². The largest absolute Gasteiger partial charge is 0.494 e. The molecule has 6 rings (SSSR count). The van der Waals surface area contributed by atoms with Crippen molar-refractivity contribution in [1.82, 2.24) is 19.0 Å². The van der Waals surface area contributed by atoms with Crippen LogP contribution in [0.15, 0.2) is 36.4 Å². The number of alkyl halides is 4. The van der Waals surface area contributed by atoms with Crippen molar-refractivity contribution in [2.24, 2.45) is 18.7 Å². The minimum Gasteiger partial charge on any atom is -0.494 e. The molecule has 224 valence electrons. The number of halogens is 4. The van der Waals surface area contributed by atoms with E-state index in [1.165, 1.54) is 24.1 Å². The minimum absolute atomic E-state index is 0.0369. The molecule has 1 aliphatic heterocycles. The average Bonchev–Trinajstić information content (AvgIpc) is 3.60. The summed E-state index contributed by atoms with van der Waals surface area (Å²) in [6.45, 7) is 1.55. The first-order valence-electron chi connectivity index (χ1n) is 13.9. The van der Waals surface area contributed by atoms with Gasteiger partial charge in [-0.2, -0.15) is 13.2 Å². The maximum absolute atomic E-state index is 14.2. The Hall–Kier alpha value is -3.64. The number of nitrogens with zero attached hydrogens (tertiary/aromatic N) is 4. The summed E-state index contributed by atoms with van der Waals surface area (Å²) in [6.07, 6.45) is -3.80. The highest BCUT2D eigenvalue weighted by Crippen LogP contribution is 2.42. The number of aliphatic hydroxyl groups is 1. The topological polar surface area (TPSA) is 98.5 Å². The predicted octanol–water partition coefficient (Wildman–Crippen LogP) is 4.89. The second-order valence-corrected chi connectivity index (χ2v) is 11.8. The van der Waals surface area contributed by atoms with Crippen LogP contribution in [0.4, 0.5) is 17.6 Å². The molecule has 2 aromatic carbocycles. The summed E-state index contributed by atoms with van der Waals surface area (Å²) in [5, 5.41) is 11.1. The highest BCUT2D eigenvalue weighted by Gasteiger charge is 2.51. The Morgan fingerprint density at radius 1 is 1.17 bits per heavy atom. The summed E-state index contributed by atoms with van der Waals surface area (Å²) in [6, 6.07) is 8.96. The zero-order valence-corrected chi connectivity index (χ0v) is 23.6. The van der Waals surface area contributed by atoms with E-state index >= 15 is 0 Å². The number of benzene rings is 2. The third-order valence-corrected chi connectivity index (χ3v) is 8.51. The molecular formula is C30H33F4N5O3. The number of hydrogen-bond donors (Lipinski definition) is 2. The summed E-state index contributed by atoms with van der Waals surface area (Å²) >= 11 is 0. The van der Waals surface area contributed by atoms with Crippen molar-refractivity contribution in [2.75, 3.05) is 20.2 Å². The molecule has 2 fully saturated rings. The maximum atomic E-state index is 14.2. The molecule has 12 heteroatoms. The van der Waals surface area contributed by atoms with Crippen molar-refractivity contribution in [3.05, 3.63) is 47.5 Å². The second-order valence-electron chi connectivity index (χ2n) is 11.8. The zero-order chi connectivity index (χ0) is 30.1. The molecule has 1 saturated carbocycles. The number of methoxy groups -OCH3 is 1. The summed E-state index contributed by atoms with van der Waals surface area (Å²) in [7, 11) is 3.30. The van der Waals surface area contributed by atoms with E-state index in [2.05, 4.69) is 0 Å². The lowest BCUT2D eigenvalue weighted by Gasteiger charge is -2.33. The highest BCUT2D eigenvalue weighted by atomic mass is 19.4. The number of likely N-dealkylation sites (tertiary alicyclic amines) is 1. The number of piperidine rings is 1. The van der Waals surface area contributed by atoms with E-state index in [4.69, 9.17) is 15.5 Å². The Morgan fingerprint density at radius 2 is 1.90 bits per heavy atom. The maximum Gasteiger partial charge on any atom is 0.421 e. The third-order valence-electron chi connectivity index (χ3n) is 8.51. The number of carbonyl (C=O) groups is 1. The van der Waals surface area contributed by atoms with Crippen LogP contribution < -0.4 is 10.5 Å². The van der Waals surface area contributed by atoms with E-state index in [1.807, 2.05) is 22.2 Å². The fourth-order valence-electron chi connectivity index (χ4n) is 5.90. The monoisotopic (exact) mass is 587 g/mol. The van der Waals surface area contributed by atoms with Gasteiger partial charge in [0.1, 0.15) is 17.4 Å². The number of nitrogens with two attached hydrogens (primary N) is 1. The Balaban J connectivity index is 1.48. The SMILES string of the molecule is COc1cc(C(=O)N2C[C@H](N)C[C@@H](F)C2)cc2nc(-c3cc4ccc(C(C)(O)C(F)(F)F)cc4n3CC3CC3)n(C)c12. The first-order chi connectivity index (χ1) is 19.8. The number of aryl methyl sites for hydroxylation is 1. The Kier molecular flexibility index (Phi) is 6.76. The van der Waals surface area contributed by atoms with Crippen LogP contribution in [0.2, 0.25) is 0 Å². The van der Waals surface area contributed by atoms with Gasteiger partial charge < -0.3 is 29.6 Å². The molecule has 3 atom stereocenters. The summed E-state index contributed by atoms with van der Waals surface area (Å²) < 4.78 is 64.6. The molecule has 4 aromatic rings. The Morgan fingerprint density at radius 3 is 2.55 bits per heavy atom. The van der Waals surface area contributed by atoms with Gasteiger partial charge in [-0.05, 0) is 61.9 Å². The zero-order valence-electron chi connectivity index (χ0n) is 23.6. The predicted molar refractivity (Wildman–Crippen MR) is 150 cm³/mol. The summed E-state index contributed by atoms with van der Waals surface area (Å²) in [5.74, 6) is 0.961. The molecule has 8 nitrogen and oxygen atoms in total. The van der Waals surface area contributed by atoms with Gasteiger partial charge in [-0.15, -0.1) is 0 Å². The van der Waals surface area contributed by atoms with Crippen LogP contribution in [0.25, 0.3) is 33.5 Å². The lowest BCUT2D eigenvalue weighted by atomic mass is 9.94. The van der Waals surface area contributed by atoms with Crippen LogP contribution in [0, 0.1) is 5.92 Å². The average molecular weight is 588 g/mol. The molecular weight excluding hydrogens is 554 g/mol. The van der Waals surface area contributed by atoms with Crippen LogP contribution in [0.3, 0.4) is 0 Å². The fourth-order valence-corrected chi connectivity index (χ4v) is 5.90. The highest BCUT2D eigenvalue weighted by molar-refractivity contribution is 6.00. The van der Waals surface area contributed by atoms with Gasteiger partial charge in [-0.1, -0.05) is 12.1 Å². The number of fused-ring (bicyclic) bond motifs is 2. The van der Waals surface area contributed by atoms with Crippen LogP contribution in [-0.2, 0) is 19.2 Å². The van der Waals surface area contributed by atoms with Gasteiger partial charge in [-0.25, -0.2) is 9.37 Å². The molecule has 1 aliphatic carbocycles. The molecule has 3 heterocycles. The van der Waals surface area contributed by atoms with Gasteiger partial charge in [0.2, 0.25) is 0 Å². The van der Waals surface area contributed by atoms with Crippen LogP contribution >= 0.6 is 0 Å². The number of carbonyl (C=O) groups excluding carboxylic acids is 1. The molecule has 2 aliphatic rings. The van der Waals surface area contributed by atoms with Crippen LogP contribution in [-0.4, -0.2) is 68.6 Å². The van der Waals surface area contributed by atoms with Gasteiger partial charge >= 0.3 is 6.18 Å². The van der Waals surface area contributed by atoms with Gasteiger partial charge in [0.25, 0.3) is 5.91 Å². The smallest absolute Gasteiger partial charge is 0.421 e. The van der Waals surface area contributed by atoms with Crippen LogP contribution in [0.5, 0.6) is 5.75 Å². The van der Waals surface area contributed by atoms with Gasteiger partial charge in [-0.3, -0.25) is 4.79 Å². The Labute approximate surface area is 239 Å². The van der Waals surface area contributed by atoms with Crippen molar-refractivity contribution < 1.29 is 32.2 Å². The van der Waals surface area contributed by atoms with E-state index in [0.717, 1.165) is 19.8 Å². The van der Waals surface area contributed by atoms with E-state index < -0.39 is 24.0 Å². The molecule has 0 bridgehead atoms. The minimum atomic E-state index is -4.84. The number of aromatic nitrogens is 3. The van der Waals surface area contributed by atoms with Crippen molar-refractivity contribution in [3.63, 3.8) is 0 Å². The molecule has 42 heavy (non-hydrogen) atoms. The van der Waals surface area contributed by atoms with Gasteiger partial charge in [0.05, 0.1) is 24.9 Å². The second kappa shape index (κ2) is 9.98. The lowest BCUT2D eigenvalue weighted by molar-refractivity contribution is -0.258. The van der Waals surface area contributed by atoms with Crippen LogP contribution in [0.1, 0.15) is 42.1 Å². The number of rotatable bonds is 6. The van der Waals surface area contributed by atoms with E-state index in [-0.39, 0.29) is 31.0 Å². The van der Waals surface area contributed by atoms with Crippen molar-refractivity contribution in [3.8, 4) is 17.3 Å². The van der Waals surface area contributed by atoms with E-state index in [1.54, 1.807) is 18.2 Å². The van der Waals surface area contributed by atoms with Crippen molar-refractivity contribution in [1.29, 1.82) is 0 Å². The quantitative estimate of drug-likeness (QED) is 0.313. The first kappa shape index (κ1) is 28.5. The normalized spacial score (nSPS) is 21.2. The number of imidazole rings is 1. The van der Waals surface area contributed by atoms with E-state index in [0.29, 0.717) is 57.2 Å². The molecule has 0 radical (unpaired) electrons. The Bertz CT molecular complexity index is 1680. The third kappa shape index (κ3) is 4.80. The number of ether oxygens (including phenoxy) is 1.